The first-order valence-electron chi connectivity index (χ1n) is 2.99. The molecular weight excluding hydrogens is 232 g/mol. The minimum absolute atomic E-state index is 0. The van der Waals surface area contributed by atoms with Crippen LogP contribution in [0.4, 0.5) is 0 Å². The number of rotatable bonds is 2. The summed E-state index contributed by atoms with van der Waals surface area (Å²) < 4.78 is 24.0. The van der Waals surface area contributed by atoms with Gasteiger partial charge in [-0.25, -0.2) is 8.42 Å². The maximum Gasteiger partial charge on any atom is 1.00 e. The van der Waals surface area contributed by atoms with Gasteiger partial charge in [-0.15, -0.1) is 0 Å². The van der Waals surface area contributed by atoms with Crippen molar-refractivity contribution in [2.45, 2.75) is 19.1 Å². The van der Waals surface area contributed by atoms with Crippen molar-refractivity contribution in [3.05, 3.63) is 0 Å². The van der Waals surface area contributed by atoms with Gasteiger partial charge in [-0.05, 0) is 13.8 Å². The Kier molecular flexibility index (Phi) is 11.7. The number of carboxylic acids is 1. The number of carboxylic acid groups (broad SMARTS) is 1. The second kappa shape index (κ2) is 8.09. The molecule has 9 heteroatoms. The second-order valence-corrected chi connectivity index (χ2v) is 4.40. The van der Waals surface area contributed by atoms with Gasteiger partial charge < -0.3 is 15.0 Å². The fraction of sp³-hybridized carbons (Fsp3) is 0.600. The molecule has 0 amide bonds. The minimum atomic E-state index is -3.99. The Morgan fingerprint density at radius 1 is 1.21 bits per heavy atom. The van der Waals surface area contributed by atoms with Crippen molar-refractivity contribution < 1.29 is 82.5 Å². The fourth-order valence-corrected chi connectivity index (χ4v) is 0.775. The van der Waals surface area contributed by atoms with Gasteiger partial charge >= 0.3 is 59.1 Å². The molecule has 0 heterocycles. The first-order chi connectivity index (χ1) is 5.27. The molecule has 0 aliphatic heterocycles. The maximum atomic E-state index is 10.8. The molecule has 0 N–H and O–H groups in total. The molecule has 0 radical (unpaired) electrons. The fourth-order valence-electron chi connectivity index (χ4n) is 0.258. The van der Waals surface area contributed by atoms with Crippen molar-refractivity contribution in [1.82, 2.24) is 0 Å². The summed E-state index contributed by atoms with van der Waals surface area (Å²) in [6, 6.07) is 0. The van der Waals surface area contributed by atoms with Crippen LogP contribution in [0.3, 0.4) is 0 Å². The van der Waals surface area contributed by atoms with Crippen LogP contribution in [0.25, 0.3) is 0 Å². The molecule has 0 saturated carbocycles. The zero-order chi connectivity index (χ0) is 9.94. The number of carbonyl (C=O) groups is 1. The predicted octanol–water partition coefficient (Wildman–Crippen LogP) is -8.76. The van der Waals surface area contributed by atoms with Gasteiger partial charge in [0, 0.05) is 5.90 Å². The molecule has 0 aliphatic carbocycles. The first kappa shape index (κ1) is 20.3. The van der Waals surface area contributed by atoms with Gasteiger partial charge in [0.2, 0.25) is 0 Å². The summed E-state index contributed by atoms with van der Waals surface area (Å²) in [6.07, 6.45) is 0. The van der Waals surface area contributed by atoms with E-state index in [2.05, 4.69) is 4.40 Å². The molecule has 0 bridgehead atoms. The number of sulfonamides is 1. The molecule has 0 rings (SSSR count). The van der Waals surface area contributed by atoms with Gasteiger partial charge in [0.25, 0.3) is 10.0 Å². The second-order valence-electron chi connectivity index (χ2n) is 2.25. The molecule has 0 aromatic carbocycles. The Labute approximate surface area is 126 Å². The van der Waals surface area contributed by atoms with E-state index >= 15 is 0 Å². The largest absolute Gasteiger partial charge is 1.00 e. The van der Waals surface area contributed by atoms with E-state index in [9.17, 15) is 23.4 Å². The third kappa shape index (κ3) is 7.22. The molecular formula is C5H7NNa2O5S. The quantitative estimate of drug-likeness (QED) is 0.270. The summed E-state index contributed by atoms with van der Waals surface area (Å²) in [4.78, 5) is 9.78. The smallest absolute Gasteiger partial charge is 0.857 e. The third-order valence-corrected chi connectivity index (χ3v) is 2.59. The van der Waals surface area contributed by atoms with Crippen molar-refractivity contribution in [2.75, 3.05) is 0 Å². The van der Waals surface area contributed by atoms with E-state index in [0.29, 0.717) is 0 Å². The molecule has 0 saturated heterocycles. The van der Waals surface area contributed by atoms with Crippen molar-refractivity contribution in [1.29, 1.82) is 0 Å². The Balaban J connectivity index is -0.000000605. The number of hydrogen-bond donors (Lipinski definition) is 0. The van der Waals surface area contributed by atoms with Gasteiger partial charge in [0.1, 0.15) is 0 Å². The Morgan fingerprint density at radius 2 is 1.57 bits per heavy atom. The van der Waals surface area contributed by atoms with Crippen molar-refractivity contribution in [3.8, 4) is 0 Å². The van der Waals surface area contributed by atoms with Crippen LogP contribution in [0.2, 0.25) is 0 Å². The Hall–Kier alpha value is 0.890. The third-order valence-electron chi connectivity index (χ3n) is 0.980. The van der Waals surface area contributed by atoms with Crippen molar-refractivity contribution in [3.63, 3.8) is 0 Å². The van der Waals surface area contributed by atoms with Crippen molar-refractivity contribution in [2.24, 2.45) is 4.40 Å². The SMILES string of the molecule is CC(C)S(=O)(=O)/N=C(\[O-])C(=O)[O-].[Na+].[Na+]. The molecule has 0 aromatic rings. The van der Waals surface area contributed by atoms with Crippen molar-refractivity contribution >= 4 is 21.9 Å². The first-order valence-corrected chi connectivity index (χ1v) is 4.50. The average molecular weight is 239 g/mol. The molecule has 0 unspecified atom stereocenters. The van der Waals surface area contributed by atoms with Gasteiger partial charge in [-0.2, -0.15) is 4.40 Å². The molecule has 14 heavy (non-hydrogen) atoms. The van der Waals surface area contributed by atoms with Gasteiger partial charge in [0.15, 0.2) is 0 Å². The Bertz CT molecular complexity index is 310. The van der Waals surface area contributed by atoms with Crippen LogP contribution in [-0.2, 0) is 14.8 Å². The standard InChI is InChI=1S/C5H9NO5S.2Na/c1-3(2)12(10,11)6-4(7)5(8)9;;/h3H,1-2H3,(H,6,7)(H,8,9);;/q;2*+1/p-2. The van der Waals surface area contributed by atoms with Gasteiger partial charge in [0.05, 0.1) is 11.2 Å². The van der Waals surface area contributed by atoms with Crippen LogP contribution < -0.4 is 69.3 Å². The molecule has 6 nitrogen and oxygen atoms in total. The zero-order valence-electron chi connectivity index (χ0n) is 8.47. The van der Waals surface area contributed by atoms with Crippen LogP contribution >= 0.6 is 0 Å². The molecule has 0 aromatic heterocycles. The number of nitrogens with zero attached hydrogens (tertiary/aromatic N) is 1. The monoisotopic (exact) mass is 239 g/mol. The number of carbonyl (C=O) groups excluding carboxylic acids is 1. The predicted molar refractivity (Wildman–Crippen MR) is 36.5 cm³/mol. The minimum Gasteiger partial charge on any atom is -0.857 e. The molecule has 0 atom stereocenters. The number of hydrogen-bond acceptors (Lipinski definition) is 5. The van der Waals surface area contributed by atoms with E-state index in [-0.39, 0.29) is 59.1 Å². The average Bonchev–Trinajstić information content (AvgIpc) is 1.85. The summed E-state index contributed by atoms with van der Waals surface area (Å²) in [6.45, 7) is 2.56. The van der Waals surface area contributed by atoms with Crippen LogP contribution in [0.5, 0.6) is 0 Å². The normalized spacial score (nSPS) is 11.5. The van der Waals surface area contributed by atoms with E-state index in [1.165, 1.54) is 13.8 Å². The Morgan fingerprint density at radius 3 is 1.79 bits per heavy atom. The molecule has 70 valence electrons. The van der Waals surface area contributed by atoms with E-state index in [0.717, 1.165) is 0 Å². The van der Waals surface area contributed by atoms with Crippen LogP contribution in [0.15, 0.2) is 4.40 Å². The van der Waals surface area contributed by atoms with E-state index in [1.807, 2.05) is 0 Å². The zero-order valence-corrected chi connectivity index (χ0v) is 13.3. The molecule has 0 aliphatic rings. The van der Waals surface area contributed by atoms with Crippen LogP contribution in [-0.4, -0.2) is 25.5 Å². The summed E-state index contributed by atoms with van der Waals surface area (Å²) in [7, 11) is -3.99. The maximum absolute atomic E-state index is 10.8. The molecule has 0 fully saturated rings. The van der Waals surface area contributed by atoms with Gasteiger partial charge in [-0.1, -0.05) is 0 Å². The van der Waals surface area contributed by atoms with E-state index in [4.69, 9.17) is 0 Å². The summed E-state index contributed by atoms with van der Waals surface area (Å²) in [5.74, 6) is -3.90. The van der Waals surface area contributed by atoms with Crippen LogP contribution in [0, 0.1) is 0 Å². The number of aliphatic carboxylic acids is 1. The van der Waals surface area contributed by atoms with E-state index in [1.54, 1.807) is 0 Å². The molecule has 0 spiro atoms. The van der Waals surface area contributed by atoms with Gasteiger partial charge in [-0.3, -0.25) is 0 Å². The van der Waals surface area contributed by atoms with Crippen LogP contribution in [0.1, 0.15) is 13.8 Å². The summed E-state index contributed by atoms with van der Waals surface area (Å²) in [5.41, 5.74) is 0. The summed E-state index contributed by atoms with van der Waals surface area (Å²) >= 11 is 0. The summed E-state index contributed by atoms with van der Waals surface area (Å²) in [5, 5.41) is 19.1. The topological polar surface area (TPSA) is 110 Å². The van der Waals surface area contributed by atoms with E-state index < -0.39 is 27.1 Å².